The Hall–Kier alpha value is -2.18. The highest BCUT2D eigenvalue weighted by Crippen LogP contribution is 2.24. The van der Waals surface area contributed by atoms with Crippen LogP contribution in [0.5, 0.6) is 0 Å². The molecule has 22 heavy (non-hydrogen) atoms. The number of ether oxygens (including phenoxy) is 1. The molecule has 0 amide bonds. The lowest BCUT2D eigenvalue weighted by molar-refractivity contribution is -0.138. The van der Waals surface area contributed by atoms with Gasteiger partial charge in [0.1, 0.15) is 17.6 Å². The van der Waals surface area contributed by atoms with E-state index in [1.54, 1.807) is 19.1 Å². The molecule has 1 aromatic heterocycles. The molecule has 116 valence electrons. The number of rotatable bonds is 5. The van der Waals surface area contributed by atoms with E-state index in [2.05, 4.69) is 5.10 Å². The number of hydrogen-bond acceptors (Lipinski definition) is 4. The van der Waals surface area contributed by atoms with E-state index < -0.39 is 5.97 Å². The summed E-state index contributed by atoms with van der Waals surface area (Å²) in [4.78, 5) is 11.4. The Morgan fingerprint density at radius 3 is 2.77 bits per heavy atom. The van der Waals surface area contributed by atoms with E-state index in [0.29, 0.717) is 22.1 Å². The van der Waals surface area contributed by atoms with Crippen molar-refractivity contribution in [2.45, 2.75) is 6.92 Å². The summed E-state index contributed by atoms with van der Waals surface area (Å²) in [6.07, 6.45) is 2.70. The van der Waals surface area contributed by atoms with Crippen LogP contribution in [0.4, 0.5) is 4.39 Å². The van der Waals surface area contributed by atoms with Crippen molar-refractivity contribution in [2.75, 3.05) is 13.2 Å². The molecule has 1 heterocycles. The first-order chi connectivity index (χ1) is 10.5. The smallest absolute Gasteiger partial charge is 0.330 e. The molecule has 7 heteroatoms. The minimum atomic E-state index is -0.584. The Morgan fingerprint density at radius 1 is 1.45 bits per heavy atom. The summed E-state index contributed by atoms with van der Waals surface area (Å²) in [5.41, 5.74) is 1.78. The van der Waals surface area contributed by atoms with Crippen LogP contribution in [-0.2, 0) is 9.53 Å². The lowest BCUT2D eigenvalue weighted by atomic mass is 10.2. The lowest BCUT2D eigenvalue weighted by Gasteiger charge is -2.02. The maximum Gasteiger partial charge on any atom is 0.330 e. The molecule has 0 aliphatic carbocycles. The maximum absolute atomic E-state index is 13.0. The van der Waals surface area contributed by atoms with Gasteiger partial charge in [0.15, 0.2) is 0 Å². The molecule has 0 atom stereocenters. The van der Waals surface area contributed by atoms with Gasteiger partial charge in [-0.1, -0.05) is 11.6 Å². The van der Waals surface area contributed by atoms with Gasteiger partial charge in [-0.2, -0.15) is 5.10 Å². The Labute approximate surface area is 131 Å². The number of nitrogens with zero attached hydrogens (tertiary/aromatic N) is 2. The number of aliphatic hydroxyl groups is 1. The first kappa shape index (κ1) is 16.2. The first-order valence-corrected chi connectivity index (χ1v) is 6.87. The van der Waals surface area contributed by atoms with Crippen molar-refractivity contribution < 1.29 is 19.0 Å². The van der Waals surface area contributed by atoms with E-state index in [4.69, 9.17) is 21.4 Å². The van der Waals surface area contributed by atoms with Crippen molar-refractivity contribution in [2.24, 2.45) is 0 Å². The highest BCUT2D eigenvalue weighted by atomic mass is 35.5. The second-order valence-corrected chi connectivity index (χ2v) is 4.76. The van der Waals surface area contributed by atoms with Gasteiger partial charge in [0.05, 0.1) is 18.0 Å². The van der Waals surface area contributed by atoms with Crippen LogP contribution in [0.25, 0.3) is 11.8 Å². The molecule has 0 aliphatic heterocycles. The van der Waals surface area contributed by atoms with Crippen LogP contribution < -0.4 is 0 Å². The van der Waals surface area contributed by atoms with E-state index in [1.165, 1.54) is 29.0 Å². The standard InChI is InChI=1S/C15H14ClFN2O3/c1-10-13(6-7-14(21)22-9-8-20)15(16)19(18-10)12-4-2-11(17)3-5-12/h2-7,20H,8-9H2,1H3. The average molecular weight is 325 g/mol. The predicted molar refractivity (Wildman–Crippen MR) is 80.3 cm³/mol. The number of aromatic nitrogens is 2. The van der Waals surface area contributed by atoms with Gasteiger partial charge in [0.25, 0.3) is 0 Å². The van der Waals surface area contributed by atoms with Gasteiger partial charge >= 0.3 is 5.97 Å². The number of aliphatic hydroxyl groups excluding tert-OH is 1. The first-order valence-electron chi connectivity index (χ1n) is 6.49. The SMILES string of the molecule is Cc1nn(-c2ccc(F)cc2)c(Cl)c1C=CC(=O)OCCO. The van der Waals surface area contributed by atoms with Crippen molar-refractivity contribution in [1.82, 2.24) is 9.78 Å². The van der Waals surface area contributed by atoms with Gasteiger partial charge in [-0.15, -0.1) is 0 Å². The molecule has 0 bridgehead atoms. The highest BCUT2D eigenvalue weighted by molar-refractivity contribution is 6.31. The summed E-state index contributed by atoms with van der Waals surface area (Å²) >= 11 is 6.26. The molecule has 2 rings (SSSR count). The second kappa shape index (κ2) is 7.20. The summed E-state index contributed by atoms with van der Waals surface area (Å²) in [7, 11) is 0. The summed E-state index contributed by atoms with van der Waals surface area (Å²) in [6.45, 7) is 1.44. The van der Waals surface area contributed by atoms with Crippen molar-refractivity contribution in [3.8, 4) is 5.69 Å². The molecule has 0 radical (unpaired) electrons. The highest BCUT2D eigenvalue weighted by Gasteiger charge is 2.13. The minimum absolute atomic E-state index is 0.0648. The molecule has 0 saturated heterocycles. The number of benzene rings is 1. The van der Waals surface area contributed by atoms with Gasteiger partial charge in [-0.05, 0) is 37.3 Å². The Morgan fingerprint density at radius 2 is 2.14 bits per heavy atom. The monoisotopic (exact) mass is 324 g/mol. The summed E-state index contributed by atoms with van der Waals surface area (Å²) in [5.74, 6) is -0.936. The molecule has 5 nitrogen and oxygen atoms in total. The van der Waals surface area contributed by atoms with Crippen molar-refractivity contribution >= 4 is 23.6 Å². The Balaban J connectivity index is 2.25. The fourth-order valence-electron chi connectivity index (χ4n) is 1.80. The normalized spacial score (nSPS) is 11.1. The van der Waals surface area contributed by atoms with Crippen LogP contribution in [0.2, 0.25) is 5.15 Å². The molecule has 0 spiro atoms. The molecular formula is C15H14ClFN2O3. The molecule has 0 fully saturated rings. The van der Waals surface area contributed by atoms with E-state index in [0.717, 1.165) is 0 Å². The largest absolute Gasteiger partial charge is 0.460 e. The summed E-state index contributed by atoms with van der Waals surface area (Å²) < 4.78 is 19.1. The summed E-state index contributed by atoms with van der Waals surface area (Å²) in [5, 5.41) is 13.1. The van der Waals surface area contributed by atoms with Crippen LogP contribution >= 0.6 is 11.6 Å². The summed E-state index contributed by atoms with van der Waals surface area (Å²) in [6, 6.07) is 5.72. The number of carbonyl (C=O) groups is 1. The van der Waals surface area contributed by atoms with Gasteiger partial charge in [-0.3, -0.25) is 0 Å². The van der Waals surface area contributed by atoms with Gasteiger partial charge in [0, 0.05) is 11.6 Å². The van der Waals surface area contributed by atoms with E-state index in [1.807, 2.05) is 0 Å². The lowest BCUT2D eigenvalue weighted by Crippen LogP contribution is -2.04. The third-order valence-electron chi connectivity index (χ3n) is 2.84. The van der Waals surface area contributed by atoms with E-state index in [-0.39, 0.29) is 19.0 Å². The van der Waals surface area contributed by atoms with Crippen LogP contribution in [-0.4, -0.2) is 34.1 Å². The Bertz CT molecular complexity index is 696. The molecule has 0 unspecified atom stereocenters. The zero-order valence-electron chi connectivity index (χ0n) is 11.8. The molecule has 2 aromatic rings. The van der Waals surface area contributed by atoms with Crippen molar-refractivity contribution in [1.29, 1.82) is 0 Å². The van der Waals surface area contributed by atoms with Gasteiger partial charge in [0.2, 0.25) is 0 Å². The molecule has 1 N–H and O–H groups in total. The third-order valence-corrected chi connectivity index (χ3v) is 3.20. The van der Waals surface area contributed by atoms with E-state index >= 15 is 0 Å². The van der Waals surface area contributed by atoms with Gasteiger partial charge < -0.3 is 9.84 Å². The van der Waals surface area contributed by atoms with Crippen molar-refractivity contribution in [3.05, 3.63) is 52.6 Å². The molecule has 0 aliphatic rings. The molecule has 1 aromatic carbocycles. The fourth-order valence-corrected chi connectivity index (χ4v) is 2.13. The predicted octanol–water partition coefficient (Wildman–Crippen LogP) is 2.52. The number of aryl methyl sites for hydroxylation is 1. The zero-order valence-corrected chi connectivity index (χ0v) is 12.5. The molecular weight excluding hydrogens is 311 g/mol. The van der Waals surface area contributed by atoms with Crippen LogP contribution in [0.3, 0.4) is 0 Å². The maximum atomic E-state index is 13.0. The minimum Gasteiger partial charge on any atom is -0.460 e. The quantitative estimate of drug-likeness (QED) is 0.678. The average Bonchev–Trinajstić information content (AvgIpc) is 2.78. The zero-order chi connectivity index (χ0) is 16.1. The number of esters is 1. The van der Waals surface area contributed by atoms with Crippen LogP contribution in [0.1, 0.15) is 11.3 Å². The van der Waals surface area contributed by atoms with Crippen LogP contribution in [0, 0.1) is 12.7 Å². The van der Waals surface area contributed by atoms with Gasteiger partial charge in [-0.25, -0.2) is 13.9 Å². The van der Waals surface area contributed by atoms with Crippen molar-refractivity contribution in [3.63, 3.8) is 0 Å². The van der Waals surface area contributed by atoms with E-state index in [9.17, 15) is 9.18 Å². The topological polar surface area (TPSA) is 64.4 Å². The number of hydrogen-bond donors (Lipinski definition) is 1. The van der Waals surface area contributed by atoms with Crippen LogP contribution in [0.15, 0.2) is 30.3 Å². The Kier molecular flexibility index (Phi) is 5.30. The number of halogens is 2. The fraction of sp³-hybridized carbons (Fsp3) is 0.200. The molecule has 0 saturated carbocycles. The second-order valence-electron chi connectivity index (χ2n) is 4.40. The number of carbonyl (C=O) groups excluding carboxylic acids is 1. The third kappa shape index (κ3) is 3.72.